The minimum absolute atomic E-state index is 0.314. The van der Waals surface area contributed by atoms with Gasteiger partial charge in [-0.05, 0) is 6.07 Å². The number of aryl methyl sites for hydroxylation is 1. The predicted octanol–water partition coefficient (Wildman–Crippen LogP) is -0.359. The van der Waals surface area contributed by atoms with Gasteiger partial charge in [0, 0.05) is 20.3 Å². The van der Waals surface area contributed by atoms with E-state index in [2.05, 4.69) is 4.98 Å². The van der Waals surface area contributed by atoms with Crippen molar-refractivity contribution in [2.75, 3.05) is 7.11 Å². The van der Waals surface area contributed by atoms with Gasteiger partial charge in [-0.2, -0.15) is 0 Å². The Balaban J connectivity index is 3.15. The Morgan fingerprint density at radius 2 is 1.94 bits per heavy atom. The van der Waals surface area contributed by atoms with Crippen LogP contribution in [0.3, 0.4) is 0 Å². The third-order valence-electron chi connectivity index (χ3n) is 2.52. The minimum atomic E-state index is -0.404. The van der Waals surface area contributed by atoms with Crippen molar-refractivity contribution in [3.05, 3.63) is 33.1 Å². The summed E-state index contributed by atoms with van der Waals surface area (Å²) in [5.74, 6) is 0.418. The highest BCUT2D eigenvalue weighted by Crippen LogP contribution is 2.17. The normalized spacial score (nSPS) is 10.7. The summed E-state index contributed by atoms with van der Waals surface area (Å²) in [6, 6.07) is 1.59. The molecule has 0 fully saturated rings. The van der Waals surface area contributed by atoms with Crippen molar-refractivity contribution < 1.29 is 4.74 Å². The van der Waals surface area contributed by atoms with Gasteiger partial charge in [0.2, 0.25) is 0 Å². The molecule has 6 nitrogen and oxygen atoms in total. The molecule has 0 aliphatic carbocycles. The van der Waals surface area contributed by atoms with Crippen LogP contribution in [-0.2, 0) is 14.1 Å². The molecule has 84 valence electrons. The van der Waals surface area contributed by atoms with Gasteiger partial charge >= 0.3 is 5.69 Å². The molecular formula is C10H11N3O3. The first-order chi connectivity index (χ1) is 7.57. The molecule has 0 saturated heterocycles. The lowest BCUT2D eigenvalue weighted by Crippen LogP contribution is -2.37. The molecule has 0 aliphatic heterocycles. The summed E-state index contributed by atoms with van der Waals surface area (Å²) in [5.41, 5.74) is -0.478. The van der Waals surface area contributed by atoms with Crippen LogP contribution in [0, 0.1) is 0 Å². The first-order valence-electron chi connectivity index (χ1n) is 4.66. The van der Waals surface area contributed by atoms with Crippen LogP contribution in [0.1, 0.15) is 0 Å². The number of hydrogen-bond acceptors (Lipinski definition) is 4. The standard InChI is InChI=1S/C10H11N3O3/c1-12-8-7(6(16-3)4-5-11-8)9(14)13(2)10(12)15/h4-5H,1-3H3. The van der Waals surface area contributed by atoms with Crippen LogP contribution in [0.15, 0.2) is 21.9 Å². The Hall–Kier alpha value is -2.11. The van der Waals surface area contributed by atoms with Crippen molar-refractivity contribution in [1.29, 1.82) is 0 Å². The summed E-state index contributed by atoms with van der Waals surface area (Å²) in [6.45, 7) is 0. The number of rotatable bonds is 1. The molecule has 0 aliphatic rings. The maximum absolute atomic E-state index is 11.9. The van der Waals surface area contributed by atoms with E-state index in [4.69, 9.17) is 4.74 Å². The zero-order chi connectivity index (χ0) is 11.9. The Morgan fingerprint density at radius 3 is 2.56 bits per heavy atom. The molecule has 0 saturated carbocycles. The summed E-state index contributed by atoms with van der Waals surface area (Å²) in [4.78, 5) is 27.6. The maximum atomic E-state index is 11.9. The van der Waals surface area contributed by atoms with Gasteiger partial charge in [-0.3, -0.25) is 13.9 Å². The van der Waals surface area contributed by atoms with Gasteiger partial charge in [0.1, 0.15) is 11.1 Å². The molecule has 0 spiro atoms. The third kappa shape index (κ3) is 1.23. The average molecular weight is 221 g/mol. The molecule has 0 atom stereocenters. The van der Waals surface area contributed by atoms with Crippen LogP contribution in [0.25, 0.3) is 11.0 Å². The molecule has 6 heteroatoms. The summed E-state index contributed by atoms with van der Waals surface area (Å²) in [6.07, 6.45) is 1.50. The summed E-state index contributed by atoms with van der Waals surface area (Å²) >= 11 is 0. The van der Waals surface area contributed by atoms with Crippen molar-refractivity contribution in [3.8, 4) is 5.75 Å². The van der Waals surface area contributed by atoms with Crippen molar-refractivity contribution >= 4 is 11.0 Å². The fourth-order valence-corrected chi connectivity index (χ4v) is 1.63. The third-order valence-corrected chi connectivity index (χ3v) is 2.52. The highest BCUT2D eigenvalue weighted by Gasteiger charge is 2.13. The average Bonchev–Trinajstić information content (AvgIpc) is 2.32. The van der Waals surface area contributed by atoms with E-state index in [1.807, 2.05) is 0 Å². The van der Waals surface area contributed by atoms with Crippen molar-refractivity contribution in [1.82, 2.24) is 14.1 Å². The van der Waals surface area contributed by atoms with E-state index in [0.717, 1.165) is 4.57 Å². The number of pyridine rings is 1. The molecule has 2 heterocycles. The number of hydrogen-bond donors (Lipinski definition) is 0. The van der Waals surface area contributed by atoms with E-state index in [-0.39, 0.29) is 0 Å². The Labute approximate surface area is 90.7 Å². The molecule has 2 rings (SSSR count). The van der Waals surface area contributed by atoms with Crippen LogP contribution in [0.2, 0.25) is 0 Å². The first-order valence-corrected chi connectivity index (χ1v) is 4.66. The lowest BCUT2D eigenvalue weighted by Gasteiger charge is -2.08. The summed E-state index contributed by atoms with van der Waals surface area (Å²) in [5, 5.41) is 0.314. The molecule has 0 amide bonds. The molecular weight excluding hydrogens is 210 g/mol. The predicted molar refractivity (Wildman–Crippen MR) is 58.8 cm³/mol. The second kappa shape index (κ2) is 3.48. The van der Waals surface area contributed by atoms with E-state index < -0.39 is 11.2 Å². The molecule has 2 aromatic rings. The second-order valence-electron chi connectivity index (χ2n) is 3.42. The van der Waals surface area contributed by atoms with Crippen LogP contribution >= 0.6 is 0 Å². The number of fused-ring (bicyclic) bond motifs is 1. The lowest BCUT2D eigenvalue weighted by atomic mass is 10.3. The zero-order valence-corrected chi connectivity index (χ0v) is 9.22. The molecule has 0 N–H and O–H groups in total. The van der Waals surface area contributed by atoms with Crippen molar-refractivity contribution in [2.45, 2.75) is 0 Å². The smallest absolute Gasteiger partial charge is 0.332 e. The van der Waals surface area contributed by atoms with Gasteiger partial charge in [-0.15, -0.1) is 0 Å². The number of ether oxygens (including phenoxy) is 1. The Bertz CT molecular complexity index is 669. The molecule has 2 aromatic heterocycles. The van der Waals surface area contributed by atoms with Gasteiger partial charge in [0.25, 0.3) is 5.56 Å². The zero-order valence-electron chi connectivity index (χ0n) is 9.22. The monoisotopic (exact) mass is 221 g/mol. The van der Waals surface area contributed by atoms with E-state index in [1.54, 1.807) is 13.1 Å². The SMILES string of the molecule is COc1ccnc2c1c(=O)n(C)c(=O)n2C. The number of aromatic nitrogens is 3. The van der Waals surface area contributed by atoms with Crippen molar-refractivity contribution in [2.24, 2.45) is 14.1 Å². The fraction of sp³-hybridized carbons (Fsp3) is 0.300. The van der Waals surface area contributed by atoms with E-state index >= 15 is 0 Å². The lowest BCUT2D eigenvalue weighted by molar-refractivity contribution is 0.418. The van der Waals surface area contributed by atoms with Crippen LogP contribution in [0.5, 0.6) is 5.75 Å². The van der Waals surface area contributed by atoms with Crippen LogP contribution < -0.4 is 16.0 Å². The summed E-state index contributed by atoms with van der Waals surface area (Å²) < 4.78 is 7.44. The second-order valence-corrected chi connectivity index (χ2v) is 3.42. The Morgan fingerprint density at radius 1 is 1.25 bits per heavy atom. The molecule has 0 unspecified atom stereocenters. The van der Waals surface area contributed by atoms with Gasteiger partial charge in [0.15, 0.2) is 5.65 Å². The number of nitrogens with zero attached hydrogens (tertiary/aromatic N) is 3. The molecule has 0 bridgehead atoms. The minimum Gasteiger partial charge on any atom is -0.496 e. The highest BCUT2D eigenvalue weighted by molar-refractivity contribution is 5.80. The fourth-order valence-electron chi connectivity index (χ4n) is 1.63. The summed E-state index contributed by atoms with van der Waals surface area (Å²) in [7, 11) is 4.46. The van der Waals surface area contributed by atoms with E-state index in [0.29, 0.717) is 16.8 Å². The van der Waals surface area contributed by atoms with E-state index in [1.165, 1.54) is 24.9 Å². The largest absolute Gasteiger partial charge is 0.496 e. The quantitative estimate of drug-likeness (QED) is 0.659. The molecule has 0 radical (unpaired) electrons. The van der Waals surface area contributed by atoms with Crippen LogP contribution in [0.4, 0.5) is 0 Å². The Kier molecular flexibility index (Phi) is 2.26. The van der Waals surface area contributed by atoms with Gasteiger partial charge in [-0.1, -0.05) is 0 Å². The van der Waals surface area contributed by atoms with Gasteiger partial charge < -0.3 is 4.74 Å². The van der Waals surface area contributed by atoms with E-state index in [9.17, 15) is 9.59 Å². The topological polar surface area (TPSA) is 66.1 Å². The van der Waals surface area contributed by atoms with Gasteiger partial charge in [0.05, 0.1) is 7.11 Å². The van der Waals surface area contributed by atoms with Crippen molar-refractivity contribution in [3.63, 3.8) is 0 Å². The molecule has 0 aromatic carbocycles. The van der Waals surface area contributed by atoms with Crippen LogP contribution in [-0.4, -0.2) is 21.2 Å². The highest BCUT2D eigenvalue weighted by atomic mass is 16.5. The molecule has 16 heavy (non-hydrogen) atoms. The first kappa shape index (κ1) is 10.4. The number of methoxy groups -OCH3 is 1. The van der Waals surface area contributed by atoms with Gasteiger partial charge in [-0.25, -0.2) is 9.78 Å². The maximum Gasteiger partial charge on any atom is 0.332 e.